The number of carbonyl (C=O) groups excluding carboxylic acids is 3. The minimum Gasteiger partial charge on any atom is -0.390 e. The Kier molecular flexibility index (Phi) is 11.3. The van der Waals surface area contributed by atoms with E-state index >= 15 is 0 Å². The molecule has 3 amide bonds. The van der Waals surface area contributed by atoms with Crippen molar-refractivity contribution >= 4 is 29.1 Å². The van der Waals surface area contributed by atoms with Crippen molar-refractivity contribution in [2.75, 3.05) is 23.3 Å². The maximum absolute atomic E-state index is 13.8. The summed E-state index contributed by atoms with van der Waals surface area (Å²) in [6.07, 6.45) is 10.9. The zero-order valence-corrected chi connectivity index (χ0v) is 26.0. The maximum Gasteiger partial charge on any atom is 0.251 e. The minimum atomic E-state index is -0.941. The largest absolute Gasteiger partial charge is 0.390 e. The summed E-state index contributed by atoms with van der Waals surface area (Å²) in [5, 5.41) is 24.4. The fourth-order valence-electron chi connectivity index (χ4n) is 6.72. The highest BCUT2D eigenvalue weighted by Crippen LogP contribution is 2.29. The molecule has 0 spiro atoms. The van der Waals surface area contributed by atoms with Crippen molar-refractivity contribution in [1.82, 2.24) is 16.0 Å². The molecule has 5 rings (SSSR count). The molecule has 2 aliphatic carbocycles. The Morgan fingerprint density at radius 1 is 0.932 bits per heavy atom. The Labute approximate surface area is 261 Å². The zero-order chi connectivity index (χ0) is 30.9. The summed E-state index contributed by atoms with van der Waals surface area (Å²) in [6.45, 7) is 2.59. The molecule has 2 aromatic rings. The molecule has 5 N–H and O–H groups in total. The van der Waals surface area contributed by atoms with Crippen LogP contribution in [0, 0.1) is 0 Å². The molecule has 1 saturated heterocycles. The zero-order valence-electron chi connectivity index (χ0n) is 26.0. The van der Waals surface area contributed by atoms with Crippen LogP contribution in [0.5, 0.6) is 0 Å². The van der Waals surface area contributed by atoms with Gasteiger partial charge in [0, 0.05) is 48.5 Å². The predicted octanol–water partition coefficient (Wildman–Crippen LogP) is 4.30. The van der Waals surface area contributed by atoms with Gasteiger partial charge < -0.3 is 31.3 Å². The average molecular weight is 604 g/mol. The van der Waals surface area contributed by atoms with E-state index in [1.807, 2.05) is 42.5 Å². The summed E-state index contributed by atoms with van der Waals surface area (Å²) in [5.74, 6) is -0.307. The van der Waals surface area contributed by atoms with Crippen LogP contribution in [0.15, 0.2) is 48.5 Å². The first-order chi connectivity index (χ1) is 21.4. The Balaban J connectivity index is 1.29. The Bertz CT molecular complexity index is 1260. The summed E-state index contributed by atoms with van der Waals surface area (Å²) in [4.78, 5) is 41.0. The lowest BCUT2D eigenvalue weighted by atomic mass is 9.95. The van der Waals surface area contributed by atoms with Gasteiger partial charge in [0.25, 0.3) is 5.91 Å². The molecule has 1 unspecified atom stereocenters. The van der Waals surface area contributed by atoms with E-state index in [1.54, 1.807) is 17.9 Å². The molecule has 0 radical (unpaired) electrons. The third-order valence-electron chi connectivity index (χ3n) is 9.35. The van der Waals surface area contributed by atoms with Crippen LogP contribution >= 0.6 is 0 Å². The van der Waals surface area contributed by atoms with E-state index in [2.05, 4.69) is 21.3 Å². The topological polar surface area (TPSA) is 123 Å². The molecule has 3 fully saturated rings. The molecule has 44 heavy (non-hydrogen) atoms. The number of hydrogen-bond acceptors (Lipinski definition) is 6. The second-order valence-electron chi connectivity index (χ2n) is 12.9. The van der Waals surface area contributed by atoms with Crippen molar-refractivity contribution in [2.24, 2.45) is 0 Å². The van der Waals surface area contributed by atoms with Gasteiger partial charge in [-0.25, -0.2) is 0 Å². The Morgan fingerprint density at radius 2 is 1.64 bits per heavy atom. The minimum absolute atomic E-state index is 0.0664. The van der Waals surface area contributed by atoms with Crippen LogP contribution in [0.25, 0.3) is 0 Å². The molecule has 9 heteroatoms. The van der Waals surface area contributed by atoms with Crippen molar-refractivity contribution in [3.63, 3.8) is 0 Å². The van der Waals surface area contributed by atoms with Crippen LogP contribution in [0.1, 0.15) is 93.5 Å². The summed E-state index contributed by atoms with van der Waals surface area (Å²) in [7, 11) is 0. The number of benzene rings is 2. The number of rotatable bonds is 13. The monoisotopic (exact) mass is 603 g/mol. The smallest absolute Gasteiger partial charge is 0.251 e. The maximum atomic E-state index is 13.8. The molecule has 0 aromatic heterocycles. The molecular weight excluding hydrogens is 554 g/mol. The van der Waals surface area contributed by atoms with E-state index in [1.165, 1.54) is 19.3 Å². The number of nitrogens with one attached hydrogen (secondary N) is 4. The van der Waals surface area contributed by atoms with E-state index < -0.39 is 18.2 Å². The number of hydrogen-bond donors (Lipinski definition) is 5. The summed E-state index contributed by atoms with van der Waals surface area (Å²) < 4.78 is 0. The first-order valence-corrected chi connectivity index (χ1v) is 16.6. The Morgan fingerprint density at radius 3 is 2.34 bits per heavy atom. The summed E-state index contributed by atoms with van der Waals surface area (Å²) in [6, 6.07) is 14.9. The first-order valence-electron chi connectivity index (χ1n) is 16.6. The second kappa shape index (κ2) is 15.5. The Hall–Kier alpha value is -3.43. The van der Waals surface area contributed by atoms with Gasteiger partial charge in [-0.1, -0.05) is 62.4 Å². The van der Waals surface area contributed by atoms with Gasteiger partial charge in [-0.15, -0.1) is 0 Å². The van der Waals surface area contributed by atoms with Crippen molar-refractivity contribution in [1.29, 1.82) is 0 Å². The predicted molar refractivity (Wildman–Crippen MR) is 174 cm³/mol. The summed E-state index contributed by atoms with van der Waals surface area (Å²) >= 11 is 0. The van der Waals surface area contributed by atoms with Crippen LogP contribution in [0.2, 0.25) is 0 Å². The van der Waals surface area contributed by atoms with Crippen LogP contribution in [-0.2, 0) is 16.0 Å². The number of amides is 3. The molecule has 3 atom stereocenters. The molecule has 1 heterocycles. The highest BCUT2D eigenvalue weighted by molar-refractivity contribution is 6.00. The molecule has 9 nitrogen and oxygen atoms in total. The van der Waals surface area contributed by atoms with E-state index in [-0.39, 0.29) is 30.3 Å². The van der Waals surface area contributed by atoms with Gasteiger partial charge in [-0.05, 0) is 69.2 Å². The van der Waals surface area contributed by atoms with Crippen molar-refractivity contribution in [3.05, 3.63) is 59.7 Å². The van der Waals surface area contributed by atoms with Gasteiger partial charge in [0.1, 0.15) is 0 Å². The molecule has 0 bridgehead atoms. The SMILES string of the molecule is C[C@H](NC[C@@H](O)C(Cc1ccccc1)NC(=O)c1cc(NC2CCCC2)cc(N2CCCC2=O)c1)C(=O)NC1CCCCC1. The van der Waals surface area contributed by atoms with Crippen molar-refractivity contribution in [3.8, 4) is 0 Å². The van der Waals surface area contributed by atoms with Gasteiger partial charge in [0.2, 0.25) is 11.8 Å². The molecule has 238 valence electrons. The van der Waals surface area contributed by atoms with Crippen molar-refractivity contribution < 1.29 is 19.5 Å². The van der Waals surface area contributed by atoms with Crippen LogP contribution in [-0.4, -0.2) is 66.2 Å². The standard InChI is InChI=1S/C35H49N5O4/c1-24(34(43)38-28-13-6-3-7-14-28)36-23-32(41)31(19-25-11-4-2-5-12-25)39-35(44)26-20-29(37-27-15-8-9-16-27)22-30(21-26)40-18-10-17-33(40)42/h2,4-5,11-12,20-22,24,27-28,31-32,36-37,41H,3,6-10,13-19,23H2,1H3,(H,38,43)(H,39,44)/t24-,31?,32+/m0/s1. The lowest BCUT2D eigenvalue weighted by Gasteiger charge is -2.28. The number of aliphatic hydroxyl groups is 1. The van der Waals surface area contributed by atoms with Crippen LogP contribution < -0.4 is 26.2 Å². The first kappa shape index (κ1) is 32.0. The highest BCUT2D eigenvalue weighted by atomic mass is 16.3. The normalized spacial score (nSPS) is 19.9. The molecule has 2 saturated carbocycles. The van der Waals surface area contributed by atoms with E-state index in [9.17, 15) is 19.5 Å². The quantitative estimate of drug-likeness (QED) is 0.233. The highest BCUT2D eigenvalue weighted by Gasteiger charge is 2.27. The fraction of sp³-hybridized carbons (Fsp3) is 0.571. The van der Waals surface area contributed by atoms with E-state index in [4.69, 9.17) is 0 Å². The number of nitrogens with zero attached hydrogens (tertiary/aromatic N) is 1. The molecule has 1 aliphatic heterocycles. The third kappa shape index (κ3) is 8.82. The summed E-state index contributed by atoms with van der Waals surface area (Å²) in [5.41, 5.74) is 2.99. The number of aliphatic hydroxyl groups excluding tert-OH is 1. The molecular formula is C35H49N5O4. The van der Waals surface area contributed by atoms with Gasteiger partial charge >= 0.3 is 0 Å². The number of anilines is 2. The van der Waals surface area contributed by atoms with Gasteiger partial charge in [-0.2, -0.15) is 0 Å². The van der Waals surface area contributed by atoms with Gasteiger partial charge in [0.15, 0.2) is 0 Å². The van der Waals surface area contributed by atoms with Crippen LogP contribution in [0.4, 0.5) is 11.4 Å². The molecule has 2 aromatic carbocycles. The van der Waals surface area contributed by atoms with Gasteiger partial charge in [0.05, 0.1) is 18.2 Å². The third-order valence-corrected chi connectivity index (χ3v) is 9.35. The fourth-order valence-corrected chi connectivity index (χ4v) is 6.72. The van der Waals surface area contributed by atoms with Crippen LogP contribution in [0.3, 0.4) is 0 Å². The number of carbonyl (C=O) groups is 3. The van der Waals surface area contributed by atoms with Crippen molar-refractivity contribution in [2.45, 2.75) is 114 Å². The van der Waals surface area contributed by atoms with E-state index in [0.717, 1.165) is 61.9 Å². The van der Waals surface area contributed by atoms with E-state index in [0.29, 0.717) is 31.0 Å². The average Bonchev–Trinajstić information content (AvgIpc) is 3.71. The second-order valence-corrected chi connectivity index (χ2v) is 12.9. The lowest BCUT2D eigenvalue weighted by Crippen LogP contribution is -2.53. The molecule has 3 aliphatic rings. The lowest BCUT2D eigenvalue weighted by molar-refractivity contribution is -0.123. The van der Waals surface area contributed by atoms with Gasteiger partial charge in [-0.3, -0.25) is 14.4 Å².